The summed E-state index contributed by atoms with van der Waals surface area (Å²) in [6.45, 7) is 4.59. The van der Waals surface area contributed by atoms with Crippen LogP contribution in [0.5, 0.6) is 0 Å². The van der Waals surface area contributed by atoms with Gasteiger partial charge in [-0.1, -0.05) is 60.7 Å². The van der Waals surface area contributed by atoms with Crippen LogP contribution in [-0.4, -0.2) is 22.7 Å². The number of hydrogen-bond donors (Lipinski definition) is 1. The molecule has 0 fully saturated rings. The molecule has 0 radical (unpaired) electrons. The van der Waals surface area contributed by atoms with E-state index in [9.17, 15) is 5.11 Å². The zero-order valence-electron chi connectivity index (χ0n) is 12.1. The fourth-order valence-electron chi connectivity index (χ4n) is 2.27. The summed E-state index contributed by atoms with van der Waals surface area (Å²) >= 11 is 0. The number of rotatable bonds is 7. The van der Waals surface area contributed by atoms with E-state index in [4.69, 9.17) is 0 Å². The topological polar surface area (TPSA) is 23.5 Å². The Morgan fingerprint density at radius 1 is 0.850 bits per heavy atom. The second kappa shape index (κ2) is 7.83. The summed E-state index contributed by atoms with van der Waals surface area (Å²) in [4.78, 5) is 2.39. The molecule has 2 nitrogen and oxygen atoms in total. The highest BCUT2D eigenvalue weighted by Gasteiger charge is 2.08. The van der Waals surface area contributed by atoms with Crippen LogP contribution in [0.2, 0.25) is 0 Å². The van der Waals surface area contributed by atoms with E-state index in [0.29, 0.717) is 0 Å². The van der Waals surface area contributed by atoms with Crippen LogP contribution < -0.4 is 0 Å². The Morgan fingerprint density at radius 3 is 1.70 bits per heavy atom. The van der Waals surface area contributed by atoms with E-state index in [0.717, 1.165) is 26.1 Å². The Bertz CT molecular complexity index is 440. The smallest absolute Gasteiger partial charge is 0.0524 e. The van der Waals surface area contributed by atoms with Crippen LogP contribution in [0.4, 0.5) is 0 Å². The van der Waals surface area contributed by atoms with Crippen molar-refractivity contribution in [1.29, 1.82) is 0 Å². The quantitative estimate of drug-likeness (QED) is 0.832. The Balaban J connectivity index is 2.00. The van der Waals surface area contributed by atoms with Gasteiger partial charge in [-0.2, -0.15) is 0 Å². The van der Waals surface area contributed by atoms with Crippen molar-refractivity contribution < 1.29 is 5.11 Å². The van der Waals surface area contributed by atoms with Crippen LogP contribution in [0, 0.1) is 0 Å². The molecule has 0 bridgehead atoms. The highest BCUT2D eigenvalue weighted by Crippen LogP contribution is 2.11. The van der Waals surface area contributed by atoms with E-state index < -0.39 is 0 Å². The van der Waals surface area contributed by atoms with Crippen LogP contribution in [0.25, 0.3) is 0 Å². The Kier molecular flexibility index (Phi) is 5.78. The van der Waals surface area contributed by atoms with E-state index >= 15 is 0 Å². The minimum Gasteiger partial charge on any atom is -0.393 e. The minimum atomic E-state index is -0.246. The van der Waals surface area contributed by atoms with E-state index in [1.807, 2.05) is 19.1 Å². The molecule has 20 heavy (non-hydrogen) atoms. The van der Waals surface area contributed by atoms with Gasteiger partial charge in [0.05, 0.1) is 6.10 Å². The molecular weight excluding hydrogens is 246 g/mol. The highest BCUT2D eigenvalue weighted by molar-refractivity contribution is 5.17. The molecule has 0 saturated heterocycles. The second-order valence-electron chi connectivity index (χ2n) is 5.32. The standard InChI is InChI=1S/C18H23NO/c1-16(20)12-13-19(14-17-8-4-2-5-9-17)15-18-10-6-3-7-11-18/h2-11,16,20H,12-15H2,1H3/t16-/m0/s1. The lowest BCUT2D eigenvalue weighted by Crippen LogP contribution is -2.26. The zero-order chi connectivity index (χ0) is 14.2. The van der Waals surface area contributed by atoms with Crippen molar-refractivity contribution in [3.63, 3.8) is 0 Å². The molecule has 1 N–H and O–H groups in total. The predicted octanol–water partition coefficient (Wildman–Crippen LogP) is 3.46. The summed E-state index contributed by atoms with van der Waals surface area (Å²) in [5, 5.41) is 9.51. The summed E-state index contributed by atoms with van der Waals surface area (Å²) < 4.78 is 0. The normalized spacial score (nSPS) is 12.6. The third-order valence-electron chi connectivity index (χ3n) is 3.36. The summed E-state index contributed by atoms with van der Waals surface area (Å²) in [6, 6.07) is 21.0. The van der Waals surface area contributed by atoms with Crippen LogP contribution in [-0.2, 0) is 13.1 Å². The Morgan fingerprint density at radius 2 is 1.30 bits per heavy atom. The molecule has 2 rings (SSSR count). The highest BCUT2D eigenvalue weighted by atomic mass is 16.3. The minimum absolute atomic E-state index is 0.246. The number of nitrogens with zero attached hydrogens (tertiary/aromatic N) is 1. The Labute approximate surface area is 121 Å². The van der Waals surface area contributed by atoms with Gasteiger partial charge in [0.1, 0.15) is 0 Å². The van der Waals surface area contributed by atoms with Crippen molar-refractivity contribution in [2.45, 2.75) is 32.5 Å². The van der Waals surface area contributed by atoms with Crippen molar-refractivity contribution >= 4 is 0 Å². The molecular formula is C18H23NO. The first-order chi connectivity index (χ1) is 9.74. The van der Waals surface area contributed by atoms with Crippen LogP contribution in [0.1, 0.15) is 24.5 Å². The van der Waals surface area contributed by atoms with Gasteiger partial charge in [-0.15, -0.1) is 0 Å². The molecule has 2 heteroatoms. The molecule has 0 amide bonds. The SMILES string of the molecule is C[C@H](O)CCN(Cc1ccccc1)Cc1ccccc1. The molecule has 1 atom stereocenters. The monoisotopic (exact) mass is 269 g/mol. The lowest BCUT2D eigenvalue weighted by Gasteiger charge is -2.23. The molecule has 0 spiro atoms. The molecule has 0 unspecified atom stereocenters. The third kappa shape index (κ3) is 5.16. The average molecular weight is 269 g/mol. The summed E-state index contributed by atoms with van der Waals surface area (Å²) in [5.41, 5.74) is 2.63. The molecule has 0 aromatic heterocycles. The molecule has 0 aliphatic heterocycles. The van der Waals surface area contributed by atoms with E-state index in [1.165, 1.54) is 11.1 Å². The maximum atomic E-state index is 9.51. The second-order valence-corrected chi connectivity index (χ2v) is 5.32. The fourth-order valence-corrected chi connectivity index (χ4v) is 2.27. The number of hydrogen-bond acceptors (Lipinski definition) is 2. The lowest BCUT2D eigenvalue weighted by atomic mass is 10.1. The van der Waals surface area contributed by atoms with Crippen LogP contribution in [0.3, 0.4) is 0 Å². The molecule has 0 aliphatic rings. The van der Waals surface area contributed by atoms with Crippen LogP contribution in [0.15, 0.2) is 60.7 Å². The van der Waals surface area contributed by atoms with Gasteiger partial charge < -0.3 is 5.11 Å². The van der Waals surface area contributed by atoms with Gasteiger partial charge in [-0.3, -0.25) is 4.90 Å². The molecule has 0 heterocycles. The van der Waals surface area contributed by atoms with E-state index in [2.05, 4.69) is 53.4 Å². The zero-order valence-corrected chi connectivity index (χ0v) is 12.1. The van der Waals surface area contributed by atoms with Crippen molar-refractivity contribution in [3.8, 4) is 0 Å². The number of aliphatic hydroxyl groups is 1. The predicted molar refractivity (Wildman–Crippen MR) is 83.3 cm³/mol. The molecule has 2 aromatic carbocycles. The van der Waals surface area contributed by atoms with Crippen LogP contribution >= 0.6 is 0 Å². The summed E-state index contributed by atoms with van der Waals surface area (Å²) in [5.74, 6) is 0. The van der Waals surface area contributed by atoms with Gasteiger partial charge in [0, 0.05) is 19.6 Å². The van der Waals surface area contributed by atoms with Gasteiger partial charge in [-0.25, -0.2) is 0 Å². The largest absolute Gasteiger partial charge is 0.393 e. The summed E-state index contributed by atoms with van der Waals surface area (Å²) in [7, 11) is 0. The molecule has 2 aromatic rings. The van der Waals surface area contributed by atoms with Gasteiger partial charge >= 0.3 is 0 Å². The average Bonchev–Trinajstić information content (AvgIpc) is 2.47. The van der Waals surface area contributed by atoms with E-state index in [-0.39, 0.29) is 6.10 Å². The first-order valence-corrected chi connectivity index (χ1v) is 7.22. The first-order valence-electron chi connectivity index (χ1n) is 7.22. The maximum Gasteiger partial charge on any atom is 0.0524 e. The van der Waals surface area contributed by atoms with Crippen molar-refractivity contribution in [3.05, 3.63) is 71.8 Å². The Hall–Kier alpha value is -1.64. The first kappa shape index (κ1) is 14.8. The molecule has 0 saturated carbocycles. The molecule has 106 valence electrons. The van der Waals surface area contributed by atoms with Gasteiger partial charge in [0.15, 0.2) is 0 Å². The van der Waals surface area contributed by atoms with Crippen molar-refractivity contribution in [2.75, 3.05) is 6.54 Å². The van der Waals surface area contributed by atoms with E-state index in [1.54, 1.807) is 0 Å². The third-order valence-corrected chi connectivity index (χ3v) is 3.36. The molecule has 0 aliphatic carbocycles. The van der Waals surface area contributed by atoms with Gasteiger partial charge in [0.2, 0.25) is 0 Å². The van der Waals surface area contributed by atoms with Crippen molar-refractivity contribution in [2.24, 2.45) is 0 Å². The number of benzene rings is 2. The summed E-state index contributed by atoms with van der Waals surface area (Å²) in [6.07, 6.45) is 0.559. The maximum absolute atomic E-state index is 9.51. The van der Waals surface area contributed by atoms with Crippen molar-refractivity contribution in [1.82, 2.24) is 4.90 Å². The van der Waals surface area contributed by atoms with Gasteiger partial charge in [-0.05, 0) is 24.5 Å². The fraction of sp³-hybridized carbons (Fsp3) is 0.333. The lowest BCUT2D eigenvalue weighted by molar-refractivity contribution is 0.150. The van der Waals surface area contributed by atoms with Gasteiger partial charge in [0.25, 0.3) is 0 Å². The number of aliphatic hydroxyl groups excluding tert-OH is 1.